The summed E-state index contributed by atoms with van der Waals surface area (Å²) in [6.45, 7) is 2.29. The second kappa shape index (κ2) is 5.18. The van der Waals surface area contributed by atoms with Gasteiger partial charge in [-0.05, 0) is 37.1 Å². The molecule has 0 fully saturated rings. The fourth-order valence-corrected chi connectivity index (χ4v) is 1.88. The maximum atomic E-state index is 11.8. The van der Waals surface area contributed by atoms with Gasteiger partial charge in [0.15, 0.2) is 0 Å². The number of hydrogen-bond acceptors (Lipinski definition) is 3. The number of nitrogens with two attached hydrogens (primary N) is 1. The van der Waals surface area contributed by atoms with Crippen molar-refractivity contribution in [3.63, 3.8) is 0 Å². The van der Waals surface area contributed by atoms with Gasteiger partial charge in [0.2, 0.25) is 5.91 Å². The van der Waals surface area contributed by atoms with Crippen molar-refractivity contribution in [1.82, 2.24) is 5.32 Å². The van der Waals surface area contributed by atoms with Crippen molar-refractivity contribution < 1.29 is 9.59 Å². The Morgan fingerprint density at radius 3 is 3.00 bits per heavy atom. The summed E-state index contributed by atoms with van der Waals surface area (Å²) < 4.78 is 0. The predicted molar refractivity (Wildman–Crippen MR) is 69.4 cm³/mol. The van der Waals surface area contributed by atoms with Crippen LogP contribution in [-0.4, -0.2) is 24.4 Å². The van der Waals surface area contributed by atoms with E-state index in [1.807, 2.05) is 13.0 Å². The first-order valence-corrected chi connectivity index (χ1v) is 6.03. The summed E-state index contributed by atoms with van der Waals surface area (Å²) in [6, 6.07) is 5.24. The standard InChI is InChI=1S/C13H17N3O2/c1-8(14)7-15-13(18)10-2-4-11-9(6-10)3-5-12(17)16-11/h2,4,6,8H,3,5,7,14H2,1H3,(H,15,18)(H,16,17). The molecule has 1 aliphatic heterocycles. The van der Waals surface area contributed by atoms with Crippen LogP contribution in [0.15, 0.2) is 18.2 Å². The normalized spacial score (nSPS) is 15.6. The molecule has 2 amide bonds. The Bertz CT molecular complexity index is 483. The first-order chi connectivity index (χ1) is 8.56. The van der Waals surface area contributed by atoms with Crippen LogP contribution in [0.5, 0.6) is 0 Å². The number of amides is 2. The Morgan fingerprint density at radius 2 is 2.28 bits per heavy atom. The van der Waals surface area contributed by atoms with Gasteiger partial charge in [-0.1, -0.05) is 0 Å². The minimum absolute atomic E-state index is 0.0247. The minimum Gasteiger partial charge on any atom is -0.350 e. The van der Waals surface area contributed by atoms with Crippen LogP contribution in [0.1, 0.15) is 29.3 Å². The van der Waals surface area contributed by atoms with Crippen molar-refractivity contribution in [1.29, 1.82) is 0 Å². The molecule has 0 aromatic heterocycles. The van der Waals surface area contributed by atoms with Crippen molar-refractivity contribution in [3.05, 3.63) is 29.3 Å². The molecule has 96 valence electrons. The van der Waals surface area contributed by atoms with Crippen molar-refractivity contribution in [3.8, 4) is 0 Å². The molecule has 4 N–H and O–H groups in total. The average molecular weight is 247 g/mol. The first-order valence-electron chi connectivity index (χ1n) is 6.03. The molecule has 1 aromatic rings. The summed E-state index contributed by atoms with van der Waals surface area (Å²) in [5.41, 5.74) is 7.99. The molecule has 5 heteroatoms. The number of hydrogen-bond donors (Lipinski definition) is 3. The molecule has 5 nitrogen and oxygen atoms in total. The highest BCUT2D eigenvalue weighted by atomic mass is 16.2. The highest BCUT2D eigenvalue weighted by Crippen LogP contribution is 2.23. The van der Waals surface area contributed by atoms with Gasteiger partial charge in [-0.2, -0.15) is 0 Å². The van der Waals surface area contributed by atoms with Crippen LogP contribution in [0, 0.1) is 0 Å². The molecular formula is C13H17N3O2. The summed E-state index contributed by atoms with van der Waals surface area (Å²) in [5.74, 6) is -0.108. The number of fused-ring (bicyclic) bond motifs is 1. The van der Waals surface area contributed by atoms with Crippen molar-refractivity contribution in [2.75, 3.05) is 11.9 Å². The van der Waals surface area contributed by atoms with Crippen LogP contribution in [0.3, 0.4) is 0 Å². The van der Waals surface area contributed by atoms with Crippen molar-refractivity contribution in [2.24, 2.45) is 5.73 Å². The maximum Gasteiger partial charge on any atom is 0.251 e. The summed E-state index contributed by atoms with van der Waals surface area (Å²) in [6.07, 6.45) is 1.15. The van der Waals surface area contributed by atoms with Gasteiger partial charge in [0, 0.05) is 30.3 Å². The number of aryl methyl sites for hydroxylation is 1. The lowest BCUT2D eigenvalue weighted by atomic mass is 10.00. The molecular weight excluding hydrogens is 230 g/mol. The van der Waals surface area contributed by atoms with E-state index in [1.54, 1.807) is 12.1 Å². The van der Waals surface area contributed by atoms with Gasteiger partial charge in [0.05, 0.1) is 0 Å². The highest BCUT2D eigenvalue weighted by molar-refractivity contribution is 5.97. The van der Waals surface area contributed by atoms with E-state index in [4.69, 9.17) is 5.73 Å². The third-order valence-corrected chi connectivity index (χ3v) is 2.85. The molecule has 1 aromatic carbocycles. The molecule has 1 aliphatic rings. The molecule has 1 heterocycles. The van der Waals surface area contributed by atoms with E-state index < -0.39 is 0 Å². The summed E-state index contributed by atoms with van der Waals surface area (Å²) >= 11 is 0. The van der Waals surface area contributed by atoms with Crippen LogP contribution in [-0.2, 0) is 11.2 Å². The highest BCUT2D eigenvalue weighted by Gasteiger charge is 2.16. The van der Waals surface area contributed by atoms with Crippen LogP contribution in [0.25, 0.3) is 0 Å². The Morgan fingerprint density at radius 1 is 1.50 bits per heavy atom. The fourth-order valence-electron chi connectivity index (χ4n) is 1.88. The Balaban J connectivity index is 2.11. The van der Waals surface area contributed by atoms with Gasteiger partial charge in [0.25, 0.3) is 5.91 Å². The predicted octanol–water partition coefficient (Wildman–Crippen LogP) is 0.648. The number of carbonyl (C=O) groups is 2. The SMILES string of the molecule is CC(N)CNC(=O)c1ccc2c(c1)CCC(=O)N2. The van der Waals surface area contributed by atoms with Gasteiger partial charge in [-0.3, -0.25) is 9.59 Å². The Labute approximate surface area is 106 Å². The molecule has 1 atom stereocenters. The monoisotopic (exact) mass is 247 g/mol. The van der Waals surface area contributed by atoms with E-state index in [-0.39, 0.29) is 17.9 Å². The van der Waals surface area contributed by atoms with Gasteiger partial charge >= 0.3 is 0 Å². The number of rotatable bonds is 3. The molecule has 0 saturated heterocycles. The number of anilines is 1. The number of nitrogens with one attached hydrogen (secondary N) is 2. The molecule has 18 heavy (non-hydrogen) atoms. The molecule has 0 spiro atoms. The Kier molecular flexibility index (Phi) is 3.62. The van der Waals surface area contributed by atoms with E-state index in [2.05, 4.69) is 10.6 Å². The average Bonchev–Trinajstić information content (AvgIpc) is 2.35. The number of benzene rings is 1. The quantitative estimate of drug-likeness (QED) is 0.733. The first kappa shape index (κ1) is 12.6. The third-order valence-electron chi connectivity index (χ3n) is 2.85. The summed E-state index contributed by atoms with van der Waals surface area (Å²) in [5, 5.41) is 5.55. The van der Waals surface area contributed by atoms with E-state index in [9.17, 15) is 9.59 Å². The van der Waals surface area contributed by atoms with E-state index >= 15 is 0 Å². The lowest BCUT2D eigenvalue weighted by Gasteiger charge is -2.17. The topological polar surface area (TPSA) is 84.2 Å². The van der Waals surface area contributed by atoms with Gasteiger partial charge in [0.1, 0.15) is 0 Å². The molecule has 0 saturated carbocycles. The third kappa shape index (κ3) is 2.87. The number of carbonyl (C=O) groups excluding carboxylic acids is 2. The van der Waals surface area contributed by atoms with Crippen LogP contribution in [0.4, 0.5) is 5.69 Å². The lowest BCUT2D eigenvalue weighted by Crippen LogP contribution is -2.35. The fraction of sp³-hybridized carbons (Fsp3) is 0.385. The van der Waals surface area contributed by atoms with Gasteiger partial charge in [-0.15, -0.1) is 0 Å². The van der Waals surface area contributed by atoms with E-state index in [0.29, 0.717) is 24.9 Å². The van der Waals surface area contributed by atoms with Crippen LogP contribution in [0.2, 0.25) is 0 Å². The molecule has 1 unspecified atom stereocenters. The maximum absolute atomic E-state index is 11.8. The molecule has 0 bridgehead atoms. The van der Waals surface area contributed by atoms with E-state index in [1.165, 1.54) is 0 Å². The smallest absolute Gasteiger partial charge is 0.251 e. The second-order valence-electron chi connectivity index (χ2n) is 4.61. The summed E-state index contributed by atoms with van der Waals surface area (Å²) in [7, 11) is 0. The zero-order valence-electron chi connectivity index (χ0n) is 10.3. The minimum atomic E-state index is -0.132. The van der Waals surface area contributed by atoms with Gasteiger partial charge < -0.3 is 16.4 Å². The zero-order valence-corrected chi connectivity index (χ0v) is 10.3. The lowest BCUT2D eigenvalue weighted by molar-refractivity contribution is -0.116. The van der Waals surface area contributed by atoms with Gasteiger partial charge in [-0.25, -0.2) is 0 Å². The van der Waals surface area contributed by atoms with E-state index in [0.717, 1.165) is 11.3 Å². The zero-order chi connectivity index (χ0) is 13.1. The summed E-state index contributed by atoms with van der Waals surface area (Å²) in [4.78, 5) is 23.1. The van der Waals surface area contributed by atoms with Crippen molar-refractivity contribution >= 4 is 17.5 Å². The Hall–Kier alpha value is -1.88. The molecule has 0 aliphatic carbocycles. The molecule has 2 rings (SSSR count). The largest absolute Gasteiger partial charge is 0.350 e. The van der Waals surface area contributed by atoms with Crippen molar-refractivity contribution in [2.45, 2.75) is 25.8 Å². The van der Waals surface area contributed by atoms with Crippen LogP contribution >= 0.6 is 0 Å². The molecule has 0 radical (unpaired) electrons. The second-order valence-corrected chi connectivity index (χ2v) is 4.61. The van der Waals surface area contributed by atoms with Crippen LogP contribution < -0.4 is 16.4 Å².